The van der Waals surface area contributed by atoms with Crippen molar-refractivity contribution in [1.29, 1.82) is 0 Å². The average Bonchev–Trinajstić information content (AvgIpc) is 2.70. The minimum absolute atomic E-state index is 0.172. The average molecular weight is 399 g/mol. The van der Waals surface area contributed by atoms with Gasteiger partial charge < -0.3 is 19.9 Å². The van der Waals surface area contributed by atoms with E-state index < -0.39 is 18.2 Å². The third-order valence-corrected chi connectivity index (χ3v) is 4.36. The molecule has 2 aromatic carbocycles. The summed E-state index contributed by atoms with van der Waals surface area (Å²) in [5.74, 6) is -0.988. The molecule has 0 aliphatic heterocycles. The summed E-state index contributed by atoms with van der Waals surface area (Å²) in [6.45, 7) is 6.21. The Bertz CT molecular complexity index is 801. The molecule has 1 amide bonds. The first kappa shape index (κ1) is 22.4. The fourth-order valence-electron chi connectivity index (χ4n) is 2.85. The molecular weight excluding hydrogens is 370 g/mol. The predicted octanol–water partition coefficient (Wildman–Crippen LogP) is 4.10. The normalized spacial score (nSPS) is 11.9. The second kappa shape index (κ2) is 11.2. The largest absolute Gasteiger partial charge is 0.479 e. The molecule has 0 spiro atoms. The van der Waals surface area contributed by atoms with Crippen LogP contribution in [0.4, 0.5) is 4.79 Å². The Morgan fingerprint density at radius 2 is 1.66 bits per heavy atom. The topological polar surface area (TPSA) is 84.9 Å². The molecule has 0 radical (unpaired) electrons. The zero-order chi connectivity index (χ0) is 21.2. The number of rotatable bonds is 10. The van der Waals surface area contributed by atoms with Crippen LogP contribution in [-0.2, 0) is 40.3 Å². The molecule has 0 unspecified atom stereocenters. The number of carbonyl (C=O) groups is 2. The zero-order valence-corrected chi connectivity index (χ0v) is 17.2. The van der Waals surface area contributed by atoms with Crippen LogP contribution >= 0.6 is 0 Å². The molecule has 0 fully saturated rings. The summed E-state index contributed by atoms with van der Waals surface area (Å²) in [5, 5.41) is 12.0. The van der Waals surface area contributed by atoms with Crippen molar-refractivity contribution in [3.63, 3.8) is 0 Å². The molecule has 2 rings (SSSR count). The number of alkyl carbamates (subject to hydrolysis) is 1. The van der Waals surface area contributed by atoms with Gasteiger partial charge in [-0.15, -0.1) is 0 Å². The first-order chi connectivity index (χ1) is 13.9. The summed E-state index contributed by atoms with van der Waals surface area (Å²) in [6, 6.07) is 15.4. The molecule has 0 aromatic heterocycles. The first-order valence-corrected chi connectivity index (χ1v) is 9.82. The van der Waals surface area contributed by atoms with Gasteiger partial charge in [-0.1, -0.05) is 55.5 Å². The van der Waals surface area contributed by atoms with E-state index in [1.54, 1.807) is 13.8 Å². The summed E-state index contributed by atoms with van der Waals surface area (Å²) in [7, 11) is 0. The molecule has 1 atom stereocenters. The fraction of sp³-hybridized carbons (Fsp3) is 0.391. The van der Waals surface area contributed by atoms with Gasteiger partial charge in [-0.2, -0.15) is 0 Å². The van der Waals surface area contributed by atoms with Crippen LogP contribution in [0.25, 0.3) is 0 Å². The Hall–Kier alpha value is -2.86. The molecule has 6 heteroatoms. The molecule has 0 bridgehead atoms. The molecular formula is C23H29NO5. The number of carbonyl (C=O) groups excluding carboxylic acids is 1. The number of benzene rings is 2. The van der Waals surface area contributed by atoms with Crippen molar-refractivity contribution in [2.45, 2.75) is 59.0 Å². The lowest BCUT2D eigenvalue weighted by molar-refractivity contribution is -0.153. The van der Waals surface area contributed by atoms with Crippen molar-refractivity contribution >= 4 is 12.1 Å². The van der Waals surface area contributed by atoms with Gasteiger partial charge in [0, 0.05) is 13.0 Å². The van der Waals surface area contributed by atoms with E-state index in [0.29, 0.717) is 6.54 Å². The van der Waals surface area contributed by atoms with Gasteiger partial charge in [0.15, 0.2) is 6.10 Å². The first-order valence-electron chi connectivity index (χ1n) is 9.82. The van der Waals surface area contributed by atoms with Gasteiger partial charge >= 0.3 is 12.1 Å². The van der Waals surface area contributed by atoms with Gasteiger partial charge in [0.2, 0.25) is 0 Å². The van der Waals surface area contributed by atoms with Crippen molar-refractivity contribution in [1.82, 2.24) is 5.32 Å². The third-order valence-electron chi connectivity index (χ3n) is 4.36. The Morgan fingerprint density at radius 3 is 2.28 bits per heavy atom. The van der Waals surface area contributed by atoms with Crippen LogP contribution in [0.15, 0.2) is 48.5 Å². The van der Waals surface area contributed by atoms with Gasteiger partial charge in [-0.05, 0) is 42.5 Å². The minimum atomic E-state index is -0.988. The van der Waals surface area contributed by atoms with Crippen LogP contribution in [0.2, 0.25) is 0 Å². The summed E-state index contributed by atoms with van der Waals surface area (Å²) in [6.07, 6.45) is -0.338. The maximum absolute atomic E-state index is 12.0. The molecule has 29 heavy (non-hydrogen) atoms. The van der Waals surface area contributed by atoms with E-state index in [1.807, 2.05) is 48.5 Å². The Balaban J connectivity index is 1.84. The number of carboxylic acids is 1. The van der Waals surface area contributed by atoms with E-state index in [-0.39, 0.29) is 19.1 Å². The molecule has 0 saturated heterocycles. The molecule has 0 heterocycles. The highest BCUT2D eigenvalue weighted by Gasteiger charge is 2.20. The number of aliphatic carboxylic acids is 1. The highest BCUT2D eigenvalue weighted by molar-refractivity contribution is 5.72. The molecule has 0 saturated carbocycles. The van der Waals surface area contributed by atoms with Crippen molar-refractivity contribution < 1.29 is 24.2 Å². The molecule has 0 aliphatic rings. The van der Waals surface area contributed by atoms with Gasteiger partial charge in [-0.25, -0.2) is 9.59 Å². The number of carboxylic acid groups (broad SMARTS) is 1. The number of hydrogen-bond donors (Lipinski definition) is 2. The van der Waals surface area contributed by atoms with Crippen LogP contribution in [0.3, 0.4) is 0 Å². The lowest BCUT2D eigenvalue weighted by Crippen LogP contribution is -2.29. The number of ether oxygens (including phenoxy) is 2. The van der Waals surface area contributed by atoms with Crippen molar-refractivity contribution in [3.8, 4) is 0 Å². The second-order valence-corrected chi connectivity index (χ2v) is 7.14. The molecule has 6 nitrogen and oxygen atoms in total. The summed E-state index contributed by atoms with van der Waals surface area (Å²) < 4.78 is 10.7. The summed E-state index contributed by atoms with van der Waals surface area (Å²) in [5.41, 5.74) is 3.87. The lowest BCUT2D eigenvalue weighted by atomic mass is 10.0. The zero-order valence-electron chi connectivity index (χ0n) is 17.2. The lowest BCUT2D eigenvalue weighted by Gasteiger charge is -2.17. The quantitative estimate of drug-likeness (QED) is 0.628. The van der Waals surface area contributed by atoms with Gasteiger partial charge in [0.05, 0.1) is 6.10 Å². The SMILES string of the molecule is CCc1ccc(COC(=O)NCc2cccc(C[C@H](OC(C)C)C(=O)O)c2)cc1. The van der Waals surface area contributed by atoms with E-state index >= 15 is 0 Å². The van der Waals surface area contributed by atoms with Crippen LogP contribution < -0.4 is 5.32 Å². The van der Waals surface area contributed by atoms with E-state index in [9.17, 15) is 14.7 Å². The second-order valence-electron chi connectivity index (χ2n) is 7.14. The number of amides is 1. The minimum Gasteiger partial charge on any atom is -0.479 e. The Morgan fingerprint density at radius 1 is 1.00 bits per heavy atom. The van der Waals surface area contributed by atoms with Gasteiger partial charge in [-0.3, -0.25) is 0 Å². The van der Waals surface area contributed by atoms with E-state index in [4.69, 9.17) is 9.47 Å². The van der Waals surface area contributed by atoms with E-state index in [2.05, 4.69) is 12.2 Å². The summed E-state index contributed by atoms with van der Waals surface area (Å²) in [4.78, 5) is 23.3. The van der Waals surface area contributed by atoms with Gasteiger partial charge in [0.25, 0.3) is 0 Å². The number of nitrogens with one attached hydrogen (secondary N) is 1. The predicted molar refractivity (Wildman–Crippen MR) is 111 cm³/mol. The standard InChI is InChI=1S/C23H29NO5/c1-4-17-8-10-18(11-9-17)15-28-23(27)24-14-20-7-5-6-19(12-20)13-21(22(25)26)29-16(2)3/h5-12,16,21H,4,13-15H2,1-3H3,(H,24,27)(H,25,26)/t21-/m0/s1. The van der Waals surface area contributed by atoms with Crippen molar-refractivity contribution in [2.75, 3.05) is 0 Å². The molecule has 156 valence electrons. The van der Waals surface area contributed by atoms with E-state index in [0.717, 1.165) is 23.1 Å². The monoisotopic (exact) mass is 399 g/mol. The fourth-order valence-corrected chi connectivity index (χ4v) is 2.85. The van der Waals surface area contributed by atoms with Crippen LogP contribution in [-0.4, -0.2) is 29.4 Å². The summed E-state index contributed by atoms with van der Waals surface area (Å²) >= 11 is 0. The van der Waals surface area contributed by atoms with Gasteiger partial charge in [0.1, 0.15) is 6.61 Å². The molecule has 0 aliphatic carbocycles. The molecule has 2 aromatic rings. The maximum Gasteiger partial charge on any atom is 0.407 e. The molecule has 2 N–H and O–H groups in total. The van der Waals surface area contributed by atoms with Crippen molar-refractivity contribution in [2.24, 2.45) is 0 Å². The third kappa shape index (κ3) is 7.95. The van der Waals surface area contributed by atoms with Crippen LogP contribution in [0.1, 0.15) is 43.0 Å². The Labute approximate surface area is 171 Å². The number of aryl methyl sites for hydroxylation is 1. The smallest absolute Gasteiger partial charge is 0.407 e. The van der Waals surface area contributed by atoms with E-state index in [1.165, 1.54) is 5.56 Å². The highest BCUT2D eigenvalue weighted by Crippen LogP contribution is 2.12. The number of hydrogen-bond acceptors (Lipinski definition) is 4. The van der Waals surface area contributed by atoms with Crippen LogP contribution in [0.5, 0.6) is 0 Å². The Kier molecular flexibility index (Phi) is 8.68. The highest BCUT2D eigenvalue weighted by atomic mass is 16.5. The van der Waals surface area contributed by atoms with Crippen LogP contribution in [0, 0.1) is 0 Å². The maximum atomic E-state index is 12.0. The van der Waals surface area contributed by atoms with Crippen molar-refractivity contribution in [3.05, 3.63) is 70.8 Å².